The second-order valence-corrected chi connectivity index (χ2v) is 7.33. The number of carbonyl (C=O) groups is 1. The second kappa shape index (κ2) is 8.33. The summed E-state index contributed by atoms with van der Waals surface area (Å²) in [5.74, 6) is 0. The van der Waals surface area contributed by atoms with E-state index >= 15 is 0 Å². The molecular weight excluding hydrogens is 334 g/mol. The van der Waals surface area contributed by atoms with Crippen LogP contribution in [0.2, 0.25) is 0 Å². The van der Waals surface area contributed by atoms with Crippen molar-refractivity contribution in [1.82, 2.24) is 15.6 Å². The highest BCUT2D eigenvalue weighted by Gasteiger charge is 2.49. The number of amides is 1. The van der Waals surface area contributed by atoms with Crippen LogP contribution in [0, 0.1) is 0 Å². The van der Waals surface area contributed by atoms with Gasteiger partial charge < -0.3 is 24.8 Å². The van der Waals surface area contributed by atoms with Crippen molar-refractivity contribution in [1.29, 1.82) is 0 Å². The van der Waals surface area contributed by atoms with Crippen LogP contribution in [0.3, 0.4) is 0 Å². The molecule has 3 heterocycles. The second-order valence-electron chi connectivity index (χ2n) is 7.33. The third kappa shape index (κ3) is 4.16. The van der Waals surface area contributed by atoms with E-state index in [1.165, 1.54) is 19.3 Å². The largest absolute Gasteiger partial charge is 0.441 e. The summed E-state index contributed by atoms with van der Waals surface area (Å²) < 4.78 is 17.3. The van der Waals surface area contributed by atoms with E-state index in [2.05, 4.69) is 15.6 Å². The minimum absolute atomic E-state index is 0.0806. The Hall–Kier alpha value is -1.70. The van der Waals surface area contributed by atoms with Gasteiger partial charge >= 0.3 is 6.09 Å². The SMILES string of the molecule is O=C(NC1CCCCC1)O[C@@H]1CO[C@H]2[C@@H]1OC[C@@H]2NCc1ccccn1. The minimum atomic E-state index is -0.348. The van der Waals surface area contributed by atoms with Gasteiger partial charge in [-0.25, -0.2) is 4.79 Å². The summed E-state index contributed by atoms with van der Waals surface area (Å²) in [5, 5.41) is 6.43. The zero-order valence-electron chi connectivity index (χ0n) is 14.9. The molecule has 2 N–H and O–H groups in total. The van der Waals surface area contributed by atoms with Crippen LogP contribution in [0.1, 0.15) is 37.8 Å². The summed E-state index contributed by atoms with van der Waals surface area (Å²) in [6.45, 7) is 1.59. The van der Waals surface area contributed by atoms with Gasteiger partial charge in [0.2, 0.25) is 0 Å². The van der Waals surface area contributed by atoms with Crippen LogP contribution >= 0.6 is 0 Å². The summed E-state index contributed by atoms with van der Waals surface area (Å²) in [6, 6.07) is 6.18. The highest BCUT2D eigenvalue weighted by atomic mass is 16.6. The number of alkyl carbamates (subject to hydrolysis) is 1. The fourth-order valence-electron chi connectivity index (χ4n) is 4.06. The van der Waals surface area contributed by atoms with Crippen LogP contribution < -0.4 is 10.6 Å². The molecule has 0 bridgehead atoms. The molecule has 1 aromatic heterocycles. The first-order valence-electron chi connectivity index (χ1n) is 9.63. The molecule has 7 heteroatoms. The number of nitrogens with one attached hydrogen (secondary N) is 2. The molecule has 4 rings (SSSR count). The van der Waals surface area contributed by atoms with E-state index in [0.29, 0.717) is 19.8 Å². The first kappa shape index (κ1) is 17.7. The maximum Gasteiger partial charge on any atom is 0.407 e. The van der Waals surface area contributed by atoms with E-state index in [4.69, 9.17) is 14.2 Å². The van der Waals surface area contributed by atoms with Crippen molar-refractivity contribution in [3.63, 3.8) is 0 Å². The Morgan fingerprint density at radius 3 is 2.81 bits per heavy atom. The Balaban J connectivity index is 1.24. The van der Waals surface area contributed by atoms with Crippen molar-refractivity contribution < 1.29 is 19.0 Å². The zero-order valence-corrected chi connectivity index (χ0v) is 14.9. The molecule has 3 fully saturated rings. The van der Waals surface area contributed by atoms with Gasteiger partial charge in [0.05, 0.1) is 24.9 Å². The molecule has 26 heavy (non-hydrogen) atoms. The van der Waals surface area contributed by atoms with Gasteiger partial charge in [0.15, 0.2) is 6.10 Å². The molecule has 3 aliphatic rings. The van der Waals surface area contributed by atoms with Crippen molar-refractivity contribution in [2.45, 2.75) is 69.0 Å². The van der Waals surface area contributed by atoms with E-state index in [1.807, 2.05) is 18.2 Å². The van der Waals surface area contributed by atoms with Gasteiger partial charge in [-0.2, -0.15) is 0 Å². The van der Waals surface area contributed by atoms with Crippen LogP contribution in [0.15, 0.2) is 24.4 Å². The molecule has 2 saturated heterocycles. The van der Waals surface area contributed by atoms with E-state index in [0.717, 1.165) is 18.5 Å². The summed E-state index contributed by atoms with van der Waals surface area (Å²) in [7, 11) is 0. The molecule has 0 aromatic carbocycles. The summed E-state index contributed by atoms with van der Waals surface area (Å²) in [6.07, 6.45) is 6.49. The molecule has 2 aliphatic heterocycles. The first-order valence-corrected chi connectivity index (χ1v) is 9.63. The monoisotopic (exact) mass is 361 g/mol. The molecule has 7 nitrogen and oxygen atoms in total. The number of nitrogens with zero attached hydrogens (tertiary/aromatic N) is 1. The van der Waals surface area contributed by atoms with Crippen LogP contribution in [0.5, 0.6) is 0 Å². The topological polar surface area (TPSA) is 81.7 Å². The van der Waals surface area contributed by atoms with Gasteiger partial charge in [-0.15, -0.1) is 0 Å². The molecular formula is C19H27N3O4. The van der Waals surface area contributed by atoms with Gasteiger partial charge in [0, 0.05) is 18.8 Å². The van der Waals surface area contributed by atoms with Crippen molar-refractivity contribution in [3.8, 4) is 0 Å². The quantitative estimate of drug-likeness (QED) is 0.832. The lowest BCUT2D eigenvalue weighted by Gasteiger charge is -2.24. The Morgan fingerprint density at radius 2 is 2.00 bits per heavy atom. The highest BCUT2D eigenvalue weighted by molar-refractivity contribution is 5.68. The van der Waals surface area contributed by atoms with Crippen molar-refractivity contribution in [2.75, 3.05) is 13.2 Å². The maximum atomic E-state index is 12.2. The summed E-state index contributed by atoms with van der Waals surface area (Å²) in [5.41, 5.74) is 0.980. The number of hydrogen-bond donors (Lipinski definition) is 2. The third-order valence-electron chi connectivity index (χ3n) is 5.47. The minimum Gasteiger partial charge on any atom is -0.441 e. The number of pyridine rings is 1. The van der Waals surface area contributed by atoms with Crippen LogP contribution in [0.4, 0.5) is 4.79 Å². The van der Waals surface area contributed by atoms with Gasteiger partial charge in [0.25, 0.3) is 0 Å². The third-order valence-corrected chi connectivity index (χ3v) is 5.47. The van der Waals surface area contributed by atoms with Gasteiger partial charge in [-0.3, -0.25) is 4.98 Å². The smallest absolute Gasteiger partial charge is 0.407 e. The predicted octanol–water partition coefficient (Wildman–Crippen LogP) is 1.76. The van der Waals surface area contributed by atoms with Crippen LogP contribution in [-0.4, -0.2) is 54.7 Å². The standard InChI is InChI=1S/C19H27N3O4/c23-19(22-13-6-2-1-3-7-13)26-16-12-25-17-15(11-24-18(16)17)21-10-14-8-4-5-9-20-14/h4-5,8-9,13,15-18,21H,1-3,6-7,10-12H2,(H,22,23)/t15-,16+,17+,18+/m0/s1. The first-order chi connectivity index (χ1) is 12.8. The van der Waals surface area contributed by atoms with Gasteiger partial charge in [0.1, 0.15) is 12.2 Å². The number of ether oxygens (including phenoxy) is 3. The van der Waals surface area contributed by atoms with Gasteiger partial charge in [-0.05, 0) is 25.0 Å². The predicted molar refractivity (Wildman–Crippen MR) is 94.6 cm³/mol. The number of hydrogen-bond acceptors (Lipinski definition) is 6. The molecule has 1 saturated carbocycles. The average Bonchev–Trinajstić information content (AvgIpc) is 3.25. The van der Waals surface area contributed by atoms with E-state index in [1.54, 1.807) is 6.20 Å². The van der Waals surface area contributed by atoms with E-state index in [9.17, 15) is 4.79 Å². The van der Waals surface area contributed by atoms with E-state index < -0.39 is 0 Å². The molecule has 0 unspecified atom stereocenters. The summed E-state index contributed by atoms with van der Waals surface area (Å²) >= 11 is 0. The maximum absolute atomic E-state index is 12.2. The normalized spacial score (nSPS) is 31.5. The summed E-state index contributed by atoms with van der Waals surface area (Å²) in [4.78, 5) is 16.5. The molecule has 4 atom stereocenters. The molecule has 0 spiro atoms. The van der Waals surface area contributed by atoms with Gasteiger partial charge in [-0.1, -0.05) is 25.3 Å². The van der Waals surface area contributed by atoms with Crippen molar-refractivity contribution in [3.05, 3.63) is 30.1 Å². The van der Waals surface area contributed by atoms with Crippen LogP contribution in [-0.2, 0) is 20.8 Å². The molecule has 1 aliphatic carbocycles. The fourth-order valence-corrected chi connectivity index (χ4v) is 4.06. The highest BCUT2D eigenvalue weighted by Crippen LogP contribution is 2.29. The Labute approximate surface area is 153 Å². The lowest BCUT2D eigenvalue weighted by atomic mass is 9.96. The fraction of sp³-hybridized carbons (Fsp3) is 0.684. The molecule has 142 valence electrons. The Morgan fingerprint density at radius 1 is 1.15 bits per heavy atom. The van der Waals surface area contributed by atoms with Crippen LogP contribution in [0.25, 0.3) is 0 Å². The average molecular weight is 361 g/mol. The number of carbonyl (C=O) groups excluding carboxylic acids is 1. The Kier molecular flexibility index (Phi) is 5.67. The lowest BCUT2D eigenvalue weighted by Crippen LogP contribution is -2.43. The van der Waals surface area contributed by atoms with E-state index in [-0.39, 0.29) is 36.5 Å². The lowest BCUT2D eigenvalue weighted by molar-refractivity contribution is 0.00252. The number of aromatic nitrogens is 1. The molecule has 0 radical (unpaired) electrons. The molecule has 1 aromatic rings. The van der Waals surface area contributed by atoms with Crippen molar-refractivity contribution in [2.24, 2.45) is 0 Å². The Bertz CT molecular complexity index is 594. The molecule has 1 amide bonds. The number of rotatable bonds is 5. The van der Waals surface area contributed by atoms with Crippen molar-refractivity contribution >= 4 is 6.09 Å². The number of fused-ring (bicyclic) bond motifs is 1. The zero-order chi connectivity index (χ0) is 17.8.